The van der Waals surface area contributed by atoms with E-state index in [4.69, 9.17) is 12.2 Å². The van der Waals surface area contributed by atoms with E-state index in [1.807, 2.05) is 30.3 Å². The molecule has 1 aromatic heterocycles. The van der Waals surface area contributed by atoms with Crippen LogP contribution in [0.15, 0.2) is 47.8 Å². The predicted octanol–water partition coefficient (Wildman–Crippen LogP) is 2.02. The summed E-state index contributed by atoms with van der Waals surface area (Å²) in [5.41, 5.74) is 6.02. The molecule has 7 heteroatoms. The molecule has 0 bridgehead atoms. The first-order valence-corrected chi connectivity index (χ1v) is 7.91. The van der Waals surface area contributed by atoms with Crippen molar-refractivity contribution in [2.24, 2.45) is 0 Å². The first-order valence-electron chi connectivity index (χ1n) is 6.63. The molecule has 2 rings (SSSR count). The highest BCUT2D eigenvalue weighted by molar-refractivity contribution is 7.80. The Morgan fingerprint density at radius 1 is 1.05 bits per heavy atom. The van der Waals surface area contributed by atoms with Crippen LogP contribution in [0.1, 0.15) is 21.7 Å². The molecule has 0 atom stereocenters. The lowest BCUT2D eigenvalue weighted by Crippen LogP contribution is -2.48. The molecular formula is C15H15N3O2S2. The number of amides is 2. The van der Waals surface area contributed by atoms with Crippen molar-refractivity contribution in [1.29, 1.82) is 0 Å². The van der Waals surface area contributed by atoms with E-state index in [0.29, 0.717) is 17.7 Å². The third-order valence-electron chi connectivity index (χ3n) is 2.77. The normalized spacial score (nSPS) is 9.82. The number of hydrazine groups is 1. The smallest absolute Gasteiger partial charge is 0.279 e. The highest BCUT2D eigenvalue weighted by Gasteiger charge is 2.08. The summed E-state index contributed by atoms with van der Waals surface area (Å²) in [6.07, 6.45) is 0.960. The Kier molecular flexibility index (Phi) is 6.05. The Morgan fingerprint density at radius 3 is 2.50 bits per heavy atom. The minimum Gasteiger partial charge on any atom is -0.302 e. The number of thiophene rings is 1. The zero-order chi connectivity index (χ0) is 15.8. The van der Waals surface area contributed by atoms with Crippen LogP contribution in [0, 0.1) is 0 Å². The largest absolute Gasteiger partial charge is 0.302 e. The molecule has 2 aromatic rings. The molecular weight excluding hydrogens is 318 g/mol. The van der Waals surface area contributed by atoms with Crippen LogP contribution in [0.2, 0.25) is 0 Å². The van der Waals surface area contributed by atoms with Gasteiger partial charge in [0.1, 0.15) is 0 Å². The van der Waals surface area contributed by atoms with E-state index in [2.05, 4.69) is 16.2 Å². The fraction of sp³-hybridized carbons (Fsp3) is 0.133. The lowest BCUT2D eigenvalue weighted by Gasteiger charge is -2.10. The first kappa shape index (κ1) is 16.1. The molecule has 0 saturated carbocycles. The van der Waals surface area contributed by atoms with Crippen LogP contribution in [-0.2, 0) is 11.2 Å². The molecule has 0 fully saturated rings. The van der Waals surface area contributed by atoms with Gasteiger partial charge in [-0.15, -0.1) is 11.3 Å². The van der Waals surface area contributed by atoms with Gasteiger partial charge in [0, 0.05) is 6.42 Å². The molecule has 0 aliphatic rings. The zero-order valence-corrected chi connectivity index (χ0v) is 13.3. The van der Waals surface area contributed by atoms with Gasteiger partial charge in [-0.2, -0.15) is 0 Å². The number of aryl methyl sites for hydroxylation is 1. The van der Waals surface area contributed by atoms with Gasteiger partial charge in [-0.1, -0.05) is 36.4 Å². The predicted molar refractivity (Wildman–Crippen MR) is 90.4 cm³/mol. The van der Waals surface area contributed by atoms with Gasteiger partial charge in [0.2, 0.25) is 5.91 Å². The Morgan fingerprint density at radius 2 is 1.82 bits per heavy atom. The van der Waals surface area contributed by atoms with E-state index in [-0.39, 0.29) is 16.9 Å². The Labute approximate surface area is 137 Å². The van der Waals surface area contributed by atoms with Crippen molar-refractivity contribution >= 4 is 40.5 Å². The summed E-state index contributed by atoms with van der Waals surface area (Å²) in [6, 6.07) is 13.2. The average Bonchev–Trinajstić information content (AvgIpc) is 3.06. The van der Waals surface area contributed by atoms with Gasteiger partial charge in [-0.3, -0.25) is 20.4 Å². The molecule has 0 radical (unpaired) electrons. The van der Waals surface area contributed by atoms with Crippen molar-refractivity contribution in [3.63, 3.8) is 0 Å². The molecule has 114 valence electrons. The lowest BCUT2D eigenvalue weighted by atomic mass is 10.1. The van der Waals surface area contributed by atoms with Crippen LogP contribution in [0.5, 0.6) is 0 Å². The molecule has 0 spiro atoms. The summed E-state index contributed by atoms with van der Waals surface area (Å²) in [6.45, 7) is 0. The lowest BCUT2D eigenvalue weighted by molar-refractivity contribution is -0.119. The molecule has 0 saturated heterocycles. The van der Waals surface area contributed by atoms with Crippen LogP contribution >= 0.6 is 23.6 Å². The third kappa shape index (κ3) is 5.27. The summed E-state index contributed by atoms with van der Waals surface area (Å²) in [4.78, 5) is 24.0. The van der Waals surface area contributed by atoms with Gasteiger partial charge >= 0.3 is 0 Å². The van der Waals surface area contributed by atoms with Crippen molar-refractivity contribution in [3.8, 4) is 0 Å². The minimum atomic E-state index is -0.295. The van der Waals surface area contributed by atoms with Crippen LogP contribution in [0.25, 0.3) is 0 Å². The van der Waals surface area contributed by atoms with Crippen LogP contribution < -0.4 is 16.2 Å². The Balaban J connectivity index is 1.68. The van der Waals surface area contributed by atoms with Crippen LogP contribution in [0.4, 0.5) is 0 Å². The highest BCUT2D eigenvalue weighted by atomic mass is 32.1. The molecule has 5 nitrogen and oxygen atoms in total. The van der Waals surface area contributed by atoms with Crippen LogP contribution in [0.3, 0.4) is 0 Å². The number of hydrogen-bond acceptors (Lipinski definition) is 4. The quantitative estimate of drug-likeness (QED) is 0.591. The SMILES string of the molecule is O=C(CCc1ccccc1)NC(=S)NNC(=O)c1cccs1. The second-order valence-corrected chi connectivity index (χ2v) is 5.78. The molecule has 0 unspecified atom stereocenters. The van der Waals surface area contributed by atoms with E-state index in [1.54, 1.807) is 17.5 Å². The van der Waals surface area contributed by atoms with Gasteiger partial charge in [0.25, 0.3) is 5.91 Å². The average molecular weight is 333 g/mol. The van der Waals surface area contributed by atoms with E-state index < -0.39 is 0 Å². The Bertz CT molecular complexity index is 642. The number of carbonyl (C=O) groups is 2. The molecule has 3 N–H and O–H groups in total. The van der Waals surface area contributed by atoms with Crippen LogP contribution in [-0.4, -0.2) is 16.9 Å². The summed E-state index contributed by atoms with van der Waals surface area (Å²) in [5.74, 6) is -0.498. The van der Waals surface area contributed by atoms with Crippen molar-refractivity contribution in [2.45, 2.75) is 12.8 Å². The molecule has 0 aliphatic carbocycles. The summed E-state index contributed by atoms with van der Waals surface area (Å²) >= 11 is 6.27. The number of benzene rings is 1. The standard InChI is InChI=1S/C15H15N3O2S2/c19-13(9-8-11-5-2-1-3-6-11)16-15(21)18-17-14(20)12-7-4-10-22-12/h1-7,10H,8-9H2,(H,17,20)(H2,16,18,19,21). The molecule has 1 heterocycles. The van der Waals surface area contributed by atoms with Gasteiger partial charge in [-0.25, -0.2) is 0 Å². The maximum absolute atomic E-state index is 11.8. The van der Waals surface area contributed by atoms with E-state index in [1.165, 1.54) is 11.3 Å². The number of carbonyl (C=O) groups excluding carboxylic acids is 2. The topological polar surface area (TPSA) is 70.2 Å². The number of thiocarbonyl (C=S) groups is 1. The maximum atomic E-state index is 11.8. The number of rotatable bonds is 4. The van der Waals surface area contributed by atoms with Gasteiger partial charge in [-0.05, 0) is 35.6 Å². The Hall–Kier alpha value is -2.25. The number of hydrogen-bond donors (Lipinski definition) is 3. The van der Waals surface area contributed by atoms with Crippen molar-refractivity contribution in [2.75, 3.05) is 0 Å². The summed E-state index contributed by atoms with van der Waals surface area (Å²) in [7, 11) is 0. The van der Waals surface area contributed by atoms with E-state index >= 15 is 0 Å². The van der Waals surface area contributed by atoms with Crippen molar-refractivity contribution in [3.05, 3.63) is 58.3 Å². The van der Waals surface area contributed by atoms with Gasteiger partial charge in [0.15, 0.2) is 5.11 Å². The van der Waals surface area contributed by atoms with Gasteiger partial charge in [0.05, 0.1) is 4.88 Å². The fourth-order valence-corrected chi connectivity index (χ4v) is 2.49. The summed E-state index contributed by atoms with van der Waals surface area (Å²) in [5, 5.41) is 4.40. The minimum absolute atomic E-state index is 0.0722. The second kappa shape index (κ2) is 8.26. The van der Waals surface area contributed by atoms with E-state index in [9.17, 15) is 9.59 Å². The highest BCUT2D eigenvalue weighted by Crippen LogP contribution is 2.07. The number of nitrogens with one attached hydrogen (secondary N) is 3. The molecule has 0 aliphatic heterocycles. The zero-order valence-electron chi connectivity index (χ0n) is 11.7. The van der Waals surface area contributed by atoms with Crippen molar-refractivity contribution < 1.29 is 9.59 Å². The first-order chi connectivity index (χ1) is 10.6. The fourth-order valence-electron chi connectivity index (χ4n) is 1.71. The monoisotopic (exact) mass is 333 g/mol. The van der Waals surface area contributed by atoms with E-state index in [0.717, 1.165) is 5.56 Å². The van der Waals surface area contributed by atoms with Gasteiger partial charge < -0.3 is 5.32 Å². The maximum Gasteiger partial charge on any atom is 0.279 e. The summed E-state index contributed by atoms with van der Waals surface area (Å²) < 4.78 is 0. The molecule has 2 amide bonds. The van der Waals surface area contributed by atoms with Crippen molar-refractivity contribution in [1.82, 2.24) is 16.2 Å². The second-order valence-electron chi connectivity index (χ2n) is 4.42. The molecule has 22 heavy (non-hydrogen) atoms. The third-order valence-corrected chi connectivity index (χ3v) is 3.84. The molecule has 1 aromatic carbocycles.